The summed E-state index contributed by atoms with van der Waals surface area (Å²) in [7, 11) is 0. The number of ether oxygens (including phenoxy) is 1. The molecule has 2 aromatic rings. The third-order valence-electron chi connectivity index (χ3n) is 2.76. The minimum Gasteiger partial charge on any atom is -0.376 e. The molecule has 0 spiro atoms. The van der Waals surface area contributed by atoms with E-state index in [1.807, 2.05) is 39.0 Å². The van der Waals surface area contributed by atoms with Crippen LogP contribution in [-0.2, 0) is 10.3 Å². The molecule has 0 aliphatic rings. The maximum atomic E-state index is 6.21. The van der Waals surface area contributed by atoms with E-state index in [9.17, 15) is 0 Å². The van der Waals surface area contributed by atoms with Gasteiger partial charge in [0.25, 0.3) is 5.89 Å². The molecule has 0 fully saturated rings. The second kappa shape index (κ2) is 6.56. The van der Waals surface area contributed by atoms with E-state index < -0.39 is 5.54 Å². The topological polar surface area (TPSA) is 74.2 Å². The van der Waals surface area contributed by atoms with Crippen LogP contribution in [-0.4, -0.2) is 22.9 Å². The molecule has 0 aliphatic carbocycles. The molecule has 0 radical (unpaired) electrons. The average Bonchev–Trinajstić information content (AvgIpc) is 2.85. The molecule has 1 unspecified atom stereocenters. The van der Waals surface area contributed by atoms with Crippen molar-refractivity contribution in [3.8, 4) is 11.5 Å². The van der Waals surface area contributed by atoms with Gasteiger partial charge in [-0.3, -0.25) is 0 Å². The van der Waals surface area contributed by atoms with Crippen molar-refractivity contribution >= 4 is 31.9 Å². The molecular weight excluding hydrogens is 402 g/mol. The van der Waals surface area contributed by atoms with Crippen molar-refractivity contribution in [2.24, 2.45) is 5.73 Å². The van der Waals surface area contributed by atoms with Gasteiger partial charge in [-0.1, -0.05) is 37.0 Å². The summed E-state index contributed by atoms with van der Waals surface area (Å²) >= 11 is 6.87. The number of hydrogen-bond donors (Lipinski definition) is 1. The third-order valence-corrected chi connectivity index (χ3v) is 3.68. The van der Waals surface area contributed by atoms with Crippen LogP contribution in [0.1, 0.15) is 26.6 Å². The van der Waals surface area contributed by atoms with E-state index >= 15 is 0 Å². The molecule has 1 aromatic carbocycles. The number of hydrogen-bond acceptors (Lipinski definition) is 5. The Morgan fingerprint density at radius 2 is 1.90 bits per heavy atom. The summed E-state index contributed by atoms with van der Waals surface area (Å²) in [6, 6.07) is 5.74. The standard InChI is InChI=1S/C14H17Br2N3O2/c1-8(2)20-7-14(3,17)13-18-12(21-19-13)9-4-10(15)6-11(16)5-9/h4-6,8H,7,17H2,1-3H3. The molecule has 2 N–H and O–H groups in total. The Bertz CT molecular complexity index is 606. The number of nitrogens with two attached hydrogens (primary N) is 1. The van der Waals surface area contributed by atoms with Crippen molar-refractivity contribution in [3.63, 3.8) is 0 Å². The Labute approximate surface area is 140 Å². The monoisotopic (exact) mass is 417 g/mol. The van der Waals surface area contributed by atoms with E-state index in [1.165, 1.54) is 0 Å². The number of halogens is 2. The number of rotatable bonds is 5. The zero-order chi connectivity index (χ0) is 15.6. The molecule has 5 nitrogen and oxygen atoms in total. The van der Waals surface area contributed by atoms with E-state index in [2.05, 4.69) is 42.0 Å². The average molecular weight is 419 g/mol. The van der Waals surface area contributed by atoms with E-state index in [4.69, 9.17) is 15.0 Å². The minimum atomic E-state index is -0.796. The Kier molecular flexibility index (Phi) is 5.19. The minimum absolute atomic E-state index is 0.0975. The van der Waals surface area contributed by atoms with Crippen LogP contribution in [0.4, 0.5) is 0 Å². The summed E-state index contributed by atoms with van der Waals surface area (Å²) < 4.78 is 12.7. The zero-order valence-corrected chi connectivity index (χ0v) is 15.2. The summed E-state index contributed by atoms with van der Waals surface area (Å²) in [5, 5.41) is 3.98. The van der Waals surface area contributed by atoms with Crippen LogP contribution in [0.25, 0.3) is 11.5 Å². The molecule has 0 saturated carbocycles. The van der Waals surface area contributed by atoms with Crippen LogP contribution < -0.4 is 5.73 Å². The molecule has 114 valence electrons. The number of benzene rings is 1. The van der Waals surface area contributed by atoms with Crippen LogP contribution in [0.15, 0.2) is 31.7 Å². The Balaban J connectivity index is 2.24. The predicted octanol–water partition coefficient (Wildman–Crippen LogP) is 3.86. The van der Waals surface area contributed by atoms with Crippen molar-refractivity contribution in [1.82, 2.24) is 10.1 Å². The molecular formula is C14H17Br2N3O2. The summed E-state index contributed by atoms with van der Waals surface area (Å²) in [4.78, 5) is 4.39. The largest absolute Gasteiger partial charge is 0.376 e. The van der Waals surface area contributed by atoms with Crippen molar-refractivity contribution in [1.29, 1.82) is 0 Å². The number of nitrogens with zero attached hydrogens (tertiary/aromatic N) is 2. The second-order valence-electron chi connectivity index (χ2n) is 5.36. The lowest BCUT2D eigenvalue weighted by molar-refractivity contribution is 0.0410. The van der Waals surface area contributed by atoms with Crippen LogP contribution in [0, 0.1) is 0 Å². The predicted molar refractivity (Wildman–Crippen MR) is 87.8 cm³/mol. The quantitative estimate of drug-likeness (QED) is 0.797. The Morgan fingerprint density at radius 1 is 1.29 bits per heavy atom. The summed E-state index contributed by atoms with van der Waals surface area (Å²) in [5.74, 6) is 0.850. The molecule has 0 saturated heterocycles. The van der Waals surface area contributed by atoms with E-state index in [0.29, 0.717) is 18.3 Å². The highest BCUT2D eigenvalue weighted by molar-refractivity contribution is 9.11. The maximum absolute atomic E-state index is 6.21. The van der Waals surface area contributed by atoms with Gasteiger partial charge in [0.05, 0.1) is 12.7 Å². The van der Waals surface area contributed by atoms with Crippen molar-refractivity contribution < 1.29 is 9.26 Å². The van der Waals surface area contributed by atoms with E-state index in [-0.39, 0.29) is 6.10 Å². The molecule has 7 heteroatoms. The van der Waals surface area contributed by atoms with E-state index in [1.54, 1.807) is 0 Å². The lowest BCUT2D eigenvalue weighted by Gasteiger charge is -2.21. The fourth-order valence-electron chi connectivity index (χ4n) is 1.65. The molecule has 0 amide bonds. The number of aromatic nitrogens is 2. The van der Waals surface area contributed by atoms with Gasteiger partial charge in [0.15, 0.2) is 5.82 Å². The third kappa shape index (κ3) is 4.35. The smallest absolute Gasteiger partial charge is 0.258 e. The van der Waals surface area contributed by atoms with Gasteiger partial charge < -0.3 is 15.0 Å². The Morgan fingerprint density at radius 3 is 2.48 bits per heavy atom. The molecule has 0 bridgehead atoms. The van der Waals surface area contributed by atoms with Crippen LogP contribution in [0.2, 0.25) is 0 Å². The Hall–Kier alpha value is -0.760. The van der Waals surface area contributed by atoms with Gasteiger partial charge in [-0.2, -0.15) is 4.98 Å². The highest BCUT2D eigenvalue weighted by Gasteiger charge is 2.28. The van der Waals surface area contributed by atoms with Crippen molar-refractivity contribution in [3.05, 3.63) is 33.0 Å². The summed E-state index contributed by atoms with van der Waals surface area (Å²) in [6.07, 6.45) is 0.0975. The normalized spacial score (nSPS) is 14.4. The highest BCUT2D eigenvalue weighted by Crippen LogP contribution is 2.28. The van der Waals surface area contributed by atoms with Crippen LogP contribution in [0.5, 0.6) is 0 Å². The first kappa shape index (κ1) is 16.6. The van der Waals surface area contributed by atoms with Crippen LogP contribution in [0.3, 0.4) is 0 Å². The first-order valence-corrected chi connectivity index (χ1v) is 8.07. The highest BCUT2D eigenvalue weighted by atomic mass is 79.9. The van der Waals surface area contributed by atoms with Crippen molar-refractivity contribution in [2.45, 2.75) is 32.4 Å². The van der Waals surface area contributed by atoms with Gasteiger partial charge in [0, 0.05) is 14.5 Å². The molecule has 0 aliphatic heterocycles. The maximum Gasteiger partial charge on any atom is 0.258 e. The summed E-state index contributed by atoms with van der Waals surface area (Å²) in [6.45, 7) is 6.06. The van der Waals surface area contributed by atoms with Gasteiger partial charge in [-0.05, 0) is 39.0 Å². The van der Waals surface area contributed by atoms with E-state index in [0.717, 1.165) is 14.5 Å². The molecule has 2 rings (SSSR count). The lowest BCUT2D eigenvalue weighted by Crippen LogP contribution is -2.40. The molecule has 1 heterocycles. The molecule has 1 aromatic heterocycles. The lowest BCUT2D eigenvalue weighted by atomic mass is 10.1. The van der Waals surface area contributed by atoms with Crippen LogP contribution >= 0.6 is 31.9 Å². The SMILES string of the molecule is CC(C)OCC(C)(N)c1noc(-c2cc(Br)cc(Br)c2)n1. The van der Waals surface area contributed by atoms with Gasteiger partial charge >= 0.3 is 0 Å². The van der Waals surface area contributed by atoms with Gasteiger partial charge in [-0.25, -0.2) is 0 Å². The summed E-state index contributed by atoms with van der Waals surface area (Å²) in [5.41, 5.74) is 6.23. The van der Waals surface area contributed by atoms with Gasteiger partial charge in [0.2, 0.25) is 0 Å². The van der Waals surface area contributed by atoms with Gasteiger partial charge in [0.1, 0.15) is 5.54 Å². The molecule has 1 atom stereocenters. The fourth-order valence-corrected chi connectivity index (χ4v) is 2.95. The van der Waals surface area contributed by atoms with Crippen molar-refractivity contribution in [2.75, 3.05) is 6.61 Å². The first-order chi connectivity index (χ1) is 9.78. The zero-order valence-electron chi connectivity index (χ0n) is 12.1. The first-order valence-electron chi connectivity index (χ1n) is 6.49. The molecule has 21 heavy (non-hydrogen) atoms. The second-order valence-corrected chi connectivity index (χ2v) is 7.19. The fraction of sp³-hybridized carbons (Fsp3) is 0.429. The van der Waals surface area contributed by atoms with Gasteiger partial charge in [-0.15, -0.1) is 0 Å².